The number of hydrogen-bond acceptors (Lipinski definition) is 10. The molecule has 0 aliphatic heterocycles. The Bertz CT molecular complexity index is 1320. The number of fused-ring (bicyclic) bond motifs is 1. The second-order valence-corrected chi connectivity index (χ2v) is 7.21. The van der Waals surface area contributed by atoms with Crippen LogP contribution in [0.25, 0.3) is 11.0 Å². The molecule has 0 saturated heterocycles. The summed E-state index contributed by atoms with van der Waals surface area (Å²) in [5, 5.41) is 22.7. The first-order valence-electron chi connectivity index (χ1n) is 10.2. The molecule has 0 amide bonds. The summed E-state index contributed by atoms with van der Waals surface area (Å²) in [6.45, 7) is 4.71. The first-order valence-corrected chi connectivity index (χ1v) is 10.2. The van der Waals surface area contributed by atoms with Gasteiger partial charge in [0, 0.05) is 19.3 Å². The van der Waals surface area contributed by atoms with Gasteiger partial charge < -0.3 is 19.7 Å². The average molecular weight is 462 g/mol. The number of nitro groups is 1. The van der Waals surface area contributed by atoms with Gasteiger partial charge in [-0.1, -0.05) is 18.2 Å². The molecule has 174 valence electrons. The van der Waals surface area contributed by atoms with E-state index in [4.69, 9.17) is 14.1 Å². The Morgan fingerprint density at radius 1 is 1.15 bits per heavy atom. The van der Waals surface area contributed by atoms with Gasteiger partial charge in [0.25, 0.3) is 0 Å². The lowest BCUT2D eigenvalue weighted by molar-refractivity contribution is -0.382. The van der Waals surface area contributed by atoms with Gasteiger partial charge in [0.2, 0.25) is 5.52 Å². The maximum Gasteiger partial charge on any atom is 0.324 e. The molecular weight excluding hydrogens is 440 g/mol. The van der Waals surface area contributed by atoms with Crippen molar-refractivity contribution in [3.8, 4) is 11.5 Å². The molecule has 0 aliphatic rings. The third-order valence-corrected chi connectivity index (χ3v) is 5.11. The molecule has 4 aromatic rings. The molecule has 2 heterocycles. The number of pyridine rings is 1. The van der Waals surface area contributed by atoms with Crippen molar-refractivity contribution >= 4 is 33.9 Å². The molecule has 0 atom stereocenters. The van der Waals surface area contributed by atoms with Gasteiger partial charge in [-0.2, -0.15) is 0 Å². The summed E-state index contributed by atoms with van der Waals surface area (Å²) in [7, 11) is 3.14. The van der Waals surface area contributed by atoms with Crippen molar-refractivity contribution in [1.29, 1.82) is 0 Å². The van der Waals surface area contributed by atoms with Crippen molar-refractivity contribution in [3.05, 3.63) is 77.0 Å². The van der Waals surface area contributed by atoms with E-state index in [2.05, 4.69) is 27.2 Å². The Balaban J connectivity index is 1.82. The molecule has 4 rings (SSSR count). The van der Waals surface area contributed by atoms with Crippen LogP contribution in [0.1, 0.15) is 5.56 Å². The van der Waals surface area contributed by atoms with E-state index in [9.17, 15) is 10.1 Å². The van der Waals surface area contributed by atoms with E-state index in [1.807, 2.05) is 23.1 Å². The van der Waals surface area contributed by atoms with Crippen LogP contribution < -0.4 is 19.7 Å². The molecular formula is C23H22N6O5. The van der Waals surface area contributed by atoms with Crippen LogP contribution in [0.4, 0.5) is 22.9 Å². The molecule has 2 aromatic carbocycles. The van der Waals surface area contributed by atoms with Crippen LogP contribution in [0.15, 0.2) is 65.9 Å². The third-order valence-electron chi connectivity index (χ3n) is 5.11. The van der Waals surface area contributed by atoms with Gasteiger partial charge in [-0.3, -0.25) is 10.1 Å². The van der Waals surface area contributed by atoms with Gasteiger partial charge in [-0.15, -0.1) is 6.58 Å². The van der Waals surface area contributed by atoms with Gasteiger partial charge in [0.05, 0.1) is 24.8 Å². The minimum absolute atomic E-state index is 0.0299. The second-order valence-electron chi connectivity index (χ2n) is 7.21. The van der Waals surface area contributed by atoms with E-state index < -0.39 is 4.92 Å². The van der Waals surface area contributed by atoms with E-state index in [0.717, 1.165) is 5.56 Å². The summed E-state index contributed by atoms with van der Waals surface area (Å²) in [6.07, 6.45) is 3.32. The van der Waals surface area contributed by atoms with Crippen molar-refractivity contribution in [2.45, 2.75) is 6.54 Å². The van der Waals surface area contributed by atoms with E-state index in [1.165, 1.54) is 0 Å². The smallest absolute Gasteiger partial charge is 0.324 e. The Kier molecular flexibility index (Phi) is 6.53. The van der Waals surface area contributed by atoms with Crippen LogP contribution in [0, 0.1) is 10.1 Å². The number of rotatable bonds is 10. The lowest BCUT2D eigenvalue weighted by Gasteiger charge is -2.24. The van der Waals surface area contributed by atoms with Crippen molar-refractivity contribution < 1.29 is 19.0 Å². The molecule has 2 aromatic heterocycles. The quantitative estimate of drug-likeness (QED) is 0.205. The summed E-state index contributed by atoms with van der Waals surface area (Å²) in [6, 6.07) is 12.5. The zero-order valence-corrected chi connectivity index (χ0v) is 18.6. The van der Waals surface area contributed by atoms with Crippen LogP contribution >= 0.6 is 0 Å². The van der Waals surface area contributed by atoms with Crippen LogP contribution in [0.3, 0.4) is 0 Å². The summed E-state index contributed by atoms with van der Waals surface area (Å²) in [5.41, 5.74) is 1.75. The lowest BCUT2D eigenvalue weighted by atomic mass is 10.1. The molecule has 0 fully saturated rings. The predicted molar refractivity (Wildman–Crippen MR) is 127 cm³/mol. The van der Waals surface area contributed by atoms with Gasteiger partial charge in [-0.05, 0) is 46.2 Å². The number of ether oxygens (including phenoxy) is 2. The number of anilines is 3. The van der Waals surface area contributed by atoms with Crippen molar-refractivity contribution in [3.63, 3.8) is 0 Å². The van der Waals surface area contributed by atoms with Gasteiger partial charge in [0.1, 0.15) is 11.5 Å². The number of methoxy groups -OCH3 is 2. The summed E-state index contributed by atoms with van der Waals surface area (Å²) < 4.78 is 15.6. The molecule has 11 nitrogen and oxygen atoms in total. The molecule has 0 aliphatic carbocycles. The second kappa shape index (κ2) is 9.86. The van der Waals surface area contributed by atoms with Crippen LogP contribution in [0.5, 0.6) is 11.5 Å². The lowest BCUT2D eigenvalue weighted by Crippen LogP contribution is -2.23. The summed E-state index contributed by atoms with van der Waals surface area (Å²) >= 11 is 0. The van der Waals surface area contributed by atoms with E-state index in [1.54, 1.807) is 50.8 Å². The topological polar surface area (TPSA) is 129 Å². The fourth-order valence-corrected chi connectivity index (χ4v) is 3.61. The largest absolute Gasteiger partial charge is 0.493 e. The standard InChI is InChI=1S/C23H22N6O5/c1-4-11-28(14-15-8-9-18(32-2)19(12-15)33-3)17-13-16(25-20-7-5-6-10-24-20)23(29(30)31)22-21(17)26-34-27-22/h4-10,12-13H,1,11,14H2,2-3H3,(H,24,25). The molecule has 1 N–H and O–H groups in total. The Labute approximate surface area is 194 Å². The number of nitrogens with zero attached hydrogens (tertiary/aromatic N) is 5. The molecule has 0 bridgehead atoms. The van der Waals surface area contributed by atoms with Crippen LogP contribution in [0.2, 0.25) is 0 Å². The molecule has 0 saturated carbocycles. The zero-order chi connectivity index (χ0) is 24.1. The van der Waals surface area contributed by atoms with E-state index >= 15 is 0 Å². The molecule has 11 heteroatoms. The summed E-state index contributed by atoms with van der Waals surface area (Å²) in [4.78, 5) is 17.6. The van der Waals surface area contributed by atoms with Crippen molar-refractivity contribution in [2.24, 2.45) is 0 Å². The zero-order valence-electron chi connectivity index (χ0n) is 18.6. The number of nitro benzene ring substituents is 1. The normalized spacial score (nSPS) is 10.6. The molecule has 34 heavy (non-hydrogen) atoms. The fraction of sp³-hybridized carbons (Fsp3) is 0.174. The Hall–Kier alpha value is -4.67. The minimum Gasteiger partial charge on any atom is -0.493 e. The van der Waals surface area contributed by atoms with Gasteiger partial charge in [-0.25, -0.2) is 9.61 Å². The Morgan fingerprint density at radius 2 is 1.94 bits per heavy atom. The monoisotopic (exact) mass is 462 g/mol. The van der Waals surface area contributed by atoms with Gasteiger partial charge >= 0.3 is 5.69 Å². The number of hydrogen-bond donors (Lipinski definition) is 1. The third kappa shape index (κ3) is 4.44. The van der Waals surface area contributed by atoms with E-state index in [-0.39, 0.29) is 22.4 Å². The molecule has 0 radical (unpaired) electrons. The number of benzene rings is 2. The number of aromatic nitrogens is 3. The highest BCUT2D eigenvalue weighted by Crippen LogP contribution is 2.40. The van der Waals surface area contributed by atoms with Crippen molar-refractivity contribution in [1.82, 2.24) is 15.3 Å². The van der Waals surface area contributed by atoms with Gasteiger partial charge in [0.15, 0.2) is 17.0 Å². The average Bonchev–Trinajstić information content (AvgIpc) is 3.33. The summed E-state index contributed by atoms with van der Waals surface area (Å²) in [5.74, 6) is 1.65. The SMILES string of the molecule is C=CCN(Cc1ccc(OC)c(OC)c1)c1cc(Nc2ccccn2)c([N+](=O)[O-])c2nonc12. The highest BCUT2D eigenvalue weighted by atomic mass is 16.6. The molecule has 0 unspecified atom stereocenters. The predicted octanol–water partition coefficient (Wildman–Crippen LogP) is 4.48. The highest BCUT2D eigenvalue weighted by molar-refractivity contribution is 6.00. The van der Waals surface area contributed by atoms with E-state index in [0.29, 0.717) is 36.1 Å². The van der Waals surface area contributed by atoms with Crippen LogP contribution in [-0.2, 0) is 6.54 Å². The molecule has 0 spiro atoms. The van der Waals surface area contributed by atoms with Crippen LogP contribution in [-0.4, -0.2) is 41.0 Å². The maximum absolute atomic E-state index is 11.9. The first-order chi connectivity index (χ1) is 16.5. The highest BCUT2D eigenvalue weighted by Gasteiger charge is 2.28. The fourth-order valence-electron chi connectivity index (χ4n) is 3.61. The number of nitrogens with one attached hydrogen (secondary N) is 1. The minimum atomic E-state index is -0.520. The van der Waals surface area contributed by atoms with Crippen molar-refractivity contribution in [2.75, 3.05) is 31.0 Å². The maximum atomic E-state index is 11.9. The Morgan fingerprint density at radius 3 is 2.62 bits per heavy atom. The first kappa shape index (κ1) is 22.5.